The third-order valence-corrected chi connectivity index (χ3v) is 1.23. The van der Waals surface area contributed by atoms with Gasteiger partial charge in [0.2, 0.25) is 0 Å². The minimum Gasteiger partial charge on any atom is -0.367 e. The van der Waals surface area contributed by atoms with Gasteiger partial charge in [-0.25, -0.2) is 8.78 Å². The van der Waals surface area contributed by atoms with Crippen LogP contribution in [0, 0.1) is 0 Å². The predicted octanol–water partition coefficient (Wildman–Crippen LogP) is 2.03. The van der Waals surface area contributed by atoms with Crippen molar-refractivity contribution in [2.24, 2.45) is 0 Å². The lowest BCUT2D eigenvalue weighted by Crippen LogP contribution is -2.24. The summed E-state index contributed by atoms with van der Waals surface area (Å²) < 4.78 is 29.8. The Morgan fingerprint density at radius 2 is 2.08 bits per heavy atom. The average Bonchev–Trinajstić information content (AvgIpc) is 1.85. The van der Waals surface area contributed by atoms with Crippen LogP contribution >= 0.6 is 0 Å². The van der Waals surface area contributed by atoms with Gasteiger partial charge in [-0.2, -0.15) is 0 Å². The molecule has 0 radical (unpaired) electrons. The summed E-state index contributed by atoms with van der Waals surface area (Å²) in [5, 5.41) is 0. The molecule has 2 nitrogen and oxygen atoms in total. The van der Waals surface area contributed by atoms with E-state index in [2.05, 4.69) is 4.74 Å². The highest BCUT2D eigenvalue weighted by Gasteiger charge is 2.27. The van der Waals surface area contributed by atoms with E-state index in [1.54, 1.807) is 6.92 Å². The molecule has 72 valence electrons. The second-order valence-corrected chi connectivity index (χ2v) is 2.80. The van der Waals surface area contributed by atoms with Crippen molar-refractivity contribution >= 4 is 5.78 Å². The maximum Gasteiger partial charge on any atom is 0.271 e. The van der Waals surface area contributed by atoms with E-state index in [-0.39, 0.29) is 18.8 Å². The highest BCUT2D eigenvalue weighted by molar-refractivity contribution is 5.76. The first-order chi connectivity index (χ1) is 5.48. The number of carbonyl (C=O) groups excluding carboxylic acids is 1. The van der Waals surface area contributed by atoms with Crippen molar-refractivity contribution < 1.29 is 18.3 Å². The number of ether oxygens (including phenoxy) is 1. The van der Waals surface area contributed by atoms with Gasteiger partial charge in [-0.05, 0) is 6.92 Å². The molecule has 4 heteroatoms. The van der Waals surface area contributed by atoms with Crippen LogP contribution in [0.1, 0.15) is 26.7 Å². The molecule has 0 saturated heterocycles. The van der Waals surface area contributed by atoms with Gasteiger partial charge in [0, 0.05) is 6.42 Å². The van der Waals surface area contributed by atoms with Crippen LogP contribution in [0.5, 0.6) is 0 Å². The fourth-order valence-electron chi connectivity index (χ4n) is 0.782. The van der Waals surface area contributed by atoms with Crippen LogP contribution < -0.4 is 0 Å². The SMILES string of the molecule is CCCC(F)(F)COCC(C)=O. The van der Waals surface area contributed by atoms with Crippen molar-refractivity contribution in [3.63, 3.8) is 0 Å². The molecule has 0 aliphatic carbocycles. The Morgan fingerprint density at radius 3 is 2.50 bits per heavy atom. The molecule has 0 aliphatic heterocycles. The molecule has 0 unspecified atom stereocenters. The molecule has 0 rings (SSSR count). The standard InChI is InChI=1S/C8H14F2O2/c1-3-4-8(9,10)6-12-5-7(2)11/h3-6H2,1-2H3. The topological polar surface area (TPSA) is 26.3 Å². The Hall–Kier alpha value is -0.510. The zero-order valence-corrected chi connectivity index (χ0v) is 7.40. The summed E-state index contributed by atoms with van der Waals surface area (Å²) >= 11 is 0. The van der Waals surface area contributed by atoms with Gasteiger partial charge in [-0.1, -0.05) is 13.3 Å². The van der Waals surface area contributed by atoms with E-state index in [4.69, 9.17) is 0 Å². The van der Waals surface area contributed by atoms with Gasteiger partial charge < -0.3 is 4.74 Å². The first-order valence-electron chi connectivity index (χ1n) is 3.93. The zero-order chi connectivity index (χ0) is 9.61. The maximum absolute atomic E-state index is 12.6. The quantitative estimate of drug-likeness (QED) is 0.625. The van der Waals surface area contributed by atoms with E-state index in [1.807, 2.05) is 0 Å². The van der Waals surface area contributed by atoms with Gasteiger partial charge in [0.1, 0.15) is 13.2 Å². The molecular weight excluding hydrogens is 166 g/mol. The number of halogens is 2. The van der Waals surface area contributed by atoms with Crippen LogP contribution in [0.3, 0.4) is 0 Å². The smallest absolute Gasteiger partial charge is 0.271 e. The molecule has 0 aromatic rings. The third-order valence-electron chi connectivity index (χ3n) is 1.23. The lowest BCUT2D eigenvalue weighted by Gasteiger charge is -2.14. The van der Waals surface area contributed by atoms with Crippen LogP contribution in [0.2, 0.25) is 0 Å². The normalized spacial score (nSPS) is 11.7. The Morgan fingerprint density at radius 1 is 1.50 bits per heavy atom. The maximum atomic E-state index is 12.6. The van der Waals surface area contributed by atoms with E-state index < -0.39 is 12.5 Å². The molecule has 0 amide bonds. The van der Waals surface area contributed by atoms with Gasteiger partial charge in [-0.15, -0.1) is 0 Å². The van der Waals surface area contributed by atoms with E-state index in [0.29, 0.717) is 6.42 Å². The van der Waals surface area contributed by atoms with Crippen LogP contribution in [-0.4, -0.2) is 24.9 Å². The fourth-order valence-corrected chi connectivity index (χ4v) is 0.782. The summed E-state index contributed by atoms with van der Waals surface area (Å²) in [5.74, 6) is -3.02. The summed E-state index contributed by atoms with van der Waals surface area (Å²) in [7, 11) is 0. The number of alkyl halides is 2. The van der Waals surface area contributed by atoms with Crippen molar-refractivity contribution in [1.82, 2.24) is 0 Å². The summed E-state index contributed by atoms with van der Waals surface area (Å²) in [6.45, 7) is 2.11. The van der Waals surface area contributed by atoms with Crippen molar-refractivity contribution in [2.45, 2.75) is 32.6 Å². The van der Waals surface area contributed by atoms with Gasteiger partial charge >= 0.3 is 0 Å². The van der Waals surface area contributed by atoms with Crippen molar-refractivity contribution in [2.75, 3.05) is 13.2 Å². The lowest BCUT2D eigenvalue weighted by atomic mass is 10.2. The first kappa shape index (κ1) is 11.5. The van der Waals surface area contributed by atoms with Gasteiger partial charge in [0.05, 0.1) is 0 Å². The van der Waals surface area contributed by atoms with E-state index >= 15 is 0 Å². The minimum absolute atomic E-state index is 0.190. The van der Waals surface area contributed by atoms with Gasteiger partial charge in [0.15, 0.2) is 5.78 Å². The molecule has 0 aliphatic rings. The molecular formula is C8H14F2O2. The summed E-state index contributed by atoms with van der Waals surface area (Å²) in [6.07, 6.45) is 0.224. The Kier molecular flexibility index (Phi) is 4.97. The van der Waals surface area contributed by atoms with Crippen LogP contribution in [0.25, 0.3) is 0 Å². The summed E-state index contributed by atoms with van der Waals surface area (Å²) in [5.41, 5.74) is 0. The van der Waals surface area contributed by atoms with E-state index in [9.17, 15) is 13.6 Å². The van der Waals surface area contributed by atoms with Gasteiger partial charge in [0.25, 0.3) is 5.92 Å². The molecule has 0 N–H and O–H groups in total. The number of ketones is 1. The fraction of sp³-hybridized carbons (Fsp3) is 0.875. The monoisotopic (exact) mass is 180 g/mol. The van der Waals surface area contributed by atoms with Gasteiger partial charge in [-0.3, -0.25) is 4.79 Å². The molecule has 0 heterocycles. The molecule has 0 spiro atoms. The molecule has 0 atom stereocenters. The third kappa shape index (κ3) is 6.22. The molecule has 0 aromatic heterocycles. The second kappa shape index (κ2) is 5.19. The number of Topliss-reactive ketones (excluding diaryl/α,β-unsaturated/α-hetero) is 1. The summed E-state index contributed by atoms with van der Waals surface area (Å²) in [6, 6.07) is 0. The van der Waals surface area contributed by atoms with Crippen molar-refractivity contribution in [3.05, 3.63) is 0 Å². The van der Waals surface area contributed by atoms with E-state index in [1.165, 1.54) is 6.92 Å². The van der Waals surface area contributed by atoms with Crippen LogP contribution in [0.4, 0.5) is 8.78 Å². The molecule has 12 heavy (non-hydrogen) atoms. The lowest BCUT2D eigenvalue weighted by molar-refractivity contribution is -0.127. The number of hydrogen-bond donors (Lipinski definition) is 0. The van der Waals surface area contributed by atoms with Crippen molar-refractivity contribution in [3.8, 4) is 0 Å². The Labute approximate surface area is 70.9 Å². The Balaban J connectivity index is 3.53. The minimum atomic E-state index is -2.79. The van der Waals surface area contributed by atoms with Crippen LogP contribution in [-0.2, 0) is 9.53 Å². The number of hydrogen-bond acceptors (Lipinski definition) is 2. The highest BCUT2D eigenvalue weighted by Crippen LogP contribution is 2.19. The molecule has 0 aromatic carbocycles. The van der Waals surface area contributed by atoms with E-state index in [0.717, 1.165) is 0 Å². The van der Waals surface area contributed by atoms with Crippen LogP contribution in [0.15, 0.2) is 0 Å². The number of carbonyl (C=O) groups is 1. The second-order valence-electron chi connectivity index (χ2n) is 2.80. The average molecular weight is 180 g/mol. The molecule has 0 bridgehead atoms. The zero-order valence-electron chi connectivity index (χ0n) is 7.40. The molecule has 0 fully saturated rings. The largest absolute Gasteiger partial charge is 0.367 e. The number of rotatable bonds is 6. The molecule has 0 saturated carbocycles. The Bertz CT molecular complexity index is 146. The van der Waals surface area contributed by atoms with Crippen molar-refractivity contribution in [1.29, 1.82) is 0 Å². The summed E-state index contributed by atoms with van der Waals surface area (Å²) in [4.78, 5) is 10.3. The first-order valence-corrected chi connectivity index (χ1v) is 3.93. The predicted molar refractivity (Wildman–Crippen MR) is 41.4 cm³/mol. The highest BCUT2D eigenvalue weighted by atomic mass is 19.3.